The highest BCUT2D eigenvalue weighted by Gasteiger charge is 2.26. The van der Waals surface area contributed by atoms with E-state index >= 15 is 0 Å². The number of carbonyl (C=O) groups excluding carboxylic acids is 2. The summed E-state index contributed by atoms with van der Waals surface area (Å²) < 4.78 is 1.58. The Hall–Kier alpha value is -2.35. The van der Waals surface area contributed by atoms with Gasteiger partial charge >= 0.3 is 6.03 Å². The Kier molecular flexibility index (Phi) is 5.31. The molecular weight excluding hydrogens is 352 g/mol. The predicted octanol–water partition coefficient (Wildman–Crippen LogP) is 2.45. The van der Waals surface area contributed by atoms with Crippen LogP contribution in [-0.4, -0.2) is 32.8 Å². The van der Waals surface area contributed by atoms with E-state index in [-0.39, 0.29) is 17.6 Å². The summed E-state index contributed by atoms with van der Waals surface area (Å²) in [7, 11) is 0. The van der Waals surface area contributed by atoms with Crippen LogP contribution in [0.4, 0.5) is 4.79 Å². The molecule has 1 unspecified atom stereocenters. The molecule has 2 N–H and O–H groups in total. The Bertz CT molecular complexity index is 905. The lowest BCUT2D eigenvalue weighted by molar-refractivity contribution is -0.119. The SMILES string of the molecule is CC(Sc1nc2ccccc2c(=O)n1C(C)C)C(=O)NC(=O)NC1CC1. The van der Waals surface area contributed by atoms with Gasteiger partial charge in [0.25, 0.3) is 5.56 Å². The van der Waals surface area contributed by atoms with E-state index in [0.29, 0.717) is 16.1 Å². The van der Waals surface area contributed by atoms with Crippen LogP contribution in [0.2, 0.25) is 0 Å². The number of rotatable bonds is 5. The predicted molar refractivity (Wildman–Crippen MR) is 101 cm³/mol. The molecule has 1 aliphatic carbocycles. The van der Waals surface area contributed by atoms with E-state index in [2.05, 4.69) is 15.6 Å². The topological polar surface area (TPSA) is 93.1 Å². The van der Waals surface area contributed by atoms with E-state index in [1.165, 1.54) is 11.8 Å². The second-order valence-corrected chi connectivity index (χ2v) is 7.99. The van der Waals surface area contributed by atoms with Crippen LogP contribution in [0, 0.1) is 0 Å². The Labute approximate surface area is 155 Å². The summed E-state index contributed by atoms with van der Waals surface area (Å²) in [6.45, 7) is 5.49. The van der Waals surface area contributed by atoms with Gasteiger partial charge in [-0.1, -0.05) is 23.9 Å². The highest BCUT2D eigenvalue weighted by atomic mass is 32.2. The number of imide groups is 1. The third-order valence-corrected chi connectivity index (χ3v) is 5.16. The smallest absolute Gasteiger partial charge is 0.321 e. The van der Waals surface area contributed by atoms with Gasteiger partial charge in [-0.25, -0.2) is 9.78 Å². The van der Waals surface area contributed by atoms with Gasteiger partial charge in [0.15, 0.2) is 5.16 Å². The minimum absolute atomic E-state index is 0.101. The largest absolute Gasteiger partial charge is 0.335 e. The van der Waals surface area contributed by atoms with Crippen molar-refractivity contribution >= 4 is 34.6 Å². The van der Waals surface area contributed by atoms with Crippen molar-refractivity contribution in [3.63, 3.8) is 0 Å². The summed E-state index contributed by atoms with van der Waals surface area (Å²) in [4.78, 5) is 41.4. The number of benzene rings is 1. The van der Waals surface area contributed by atoms with Gasteiger partial charge in [-0.05, 0) is 45.7 Å². The normalized spacial score (nSPS) is 15.1. The van der Waals surface area contributed by atoms with Crippen molar-refractivity contribution in [3.8, 4) is 0 Å². The summed E-state index contributed by atoms with van der Waals surface area (Å²) in [6.07, 6.45) is 1.90. The first-order valence-electron chi connectivity index (χ1n) is 8.66. The molecule has 1 heterocycles. The molecule has 1 saturated carbocycles. The zero-order valence-corrected chi connectivity index (χ0v) is 15.8. The zero-order valence-electron chi connectivity index (χ0n) is 15.0. The summed E-state index contributed by atoms with van der Waals surface area (Å²) in [5.74, 6) is -0.411. The van der Waals surface area contributed by atoms with Gasteiger partial charge in [-0.2, -0.15) is 0 Å². The summed E-state index contributed by atoms with van der Waals surface area (Å²) in [5.41, 5.74) is 0.461. The lowest BCUT2D eigenvalue weighted by Crippen LogP contribution is -2.43. The van der Waals surface area contributed by atoms with Crippen LogP contribution in [0.3, 0.4) is 0 Å². The van der Waals surface area contributed by atoms with Crippen molar-refractivity contribution in [2.45, 2.75) is 56.1 Å². The number of aromatic nitrogens is 2. The van der Waals surface area contributed by atoms with Crippen LogP contribution in [-0.2, 0) is 4.79 Å². The minimum atomic E-state index is -0.571. The monoisotopic (exact) mass is 374 g/mol. The van der Waals surface area contributed by atoms with E-state index in [1.54, 1.807) is 29.7 Å². The third kappa shape index (κ3) is 4.07. The molecule has 0 bridgehead atoms. The van der Waals surface area contributed by atoms with E-state index in [4.69, 9.17) is 0 Å². The van der Waals surface area contributed by atoms with Crippen LogP contribution in [0.1, 0.15) is 39.7 Å². The lowest BCUT2D eigenvalue weighted by Gasteiger charge is -2.18. The van der Waals surface area contributed by atoms with Gasteiger partial charge in [0, 0.05) is 12.1 Å². The highest BCUT2D eigenvalue weighted by molar-refractivity contribution is 8.00. The fourth-order valence-corrected chi connectivity index (χ4v) is 3.58. The first-order valence-corrected chi connectivity index (χ1v) is 9.54. The van der Waals surface area contributed by atoms with Crippen molar-refractivity contribution in [2.24, 2.45) is 0 Å². The van der Waals surface area contributed by atoms with Crippen molar-refractivity contribution in [3.05, 3.63) is 34.6 Å². The molecule has 0 spiro atoms. The molecule has 3 rings (SSSR count). The molecule has 0 radical (unpaired) electrons. The van der Waals surface area contributed by atoms with Gasteiger partial charge < -0.3 is 5.32 Å². The average molecular weight is 374 g/mol. The fraction of sp³-hybridized carbons (Fsp3) is 0.444. The van der Waals surface area contributed by atoms with Crippen molar-refractivity contribution < 1.29 is 9.59 Å². The summed E-state index contributed by atoms with van der Waals surface area (Å²) in [6, 6.07) is 6.75. The van der Waals surface area contributed by atoms with E-state index < -0.39 is 17.2 Å². The average Bonchev–Trinajstić information content (AvgIpc) is 3.38. The van der Waals surface area contributed by atoms with Crippen LogP contribution < -0.4 is 16.2 Å². The lowest BCUT2D eigenvalue weighted by atomic mass is 10.2. The number of hydrogen-bond donors (Lipinski definition) is 2. The molecular formula is C18H22N4O3S. The Morgan fingerprint density at radius 3 is 2.58 bits per heavy atom. The Morgan fingerprint density at radius 2 is 1.92 bits per heavy atom. The van der Waals surface area contributed by atoms with Crippen LogP contribution in [0.25, 0.3) is 10.9 Å². The number of para-hydroxylation sites is 1. The molecule has 3 amide bonds. The maximum Gasteiger partial charge on any atom is 0.321 e. The number of hydrogen-bond acceptors (Lipinski definition) is 5. The number of urea groups is 1. The molecule has 1 atom stereocenters. The van der Waals surface area contributed by atoms with Gasteiger partial charge in [0.05, 0.1) is 16.2 Å². The number of thioether (sulfide) groups is 1. The van der Waals surface area contributed by atoms with Crippen molar-refractivity contribution in [2.75, 3.05) is 0 Å². The number of nitrogens with one attached hydrogen (secondary N) is 2. The first-order chi connectivity index (χ1) is 12.4. The third-order valence-electron chi connectivity index (χ3n) is 4.09. The van der Waals surface area contributed by atoms with Crippen molar-refractivity contribution in [1.29, 1.82) is 0 Å². The number of fused-ring (bicyclic) bond motifs is 1. The standard InChI is InChI=1S/C18H22N4O3S/c1-10(2)22-16(24)13-6-4-5-7-14(13)20-18(22)26-11(3)15(23)21-17(25)19-12-8-9-12/h4-7,10-12H,8-9H2,1-3H3,(H2,19,21,23,25). The van der Waals surface area contributed by atoms with Gasteiger partial charge in [-0.3, -0.25) is 19.5 Å². The molecule has 1 fully saturated rings. The molecule has 1 aromatic heterocycles. The second-order valence-electron chi connectivity index (χ2n) is 6.68. The maximum absolute atomic E-state index is 12.8. The van der Waals surface area contributed by atoms with Crippen molar-refractivity contribution in [1.82, 2.24) is 20.2 Å². The fourth-order valence-electron chi connectivity index (χ4n) is 2.54. The zero-order chi connectivity index (χ0) is 18.8. The number of amides is 3. The maximum atomic E-state index is 12.8. The Morgan fingerprint density at radius 1 is 1.23 bits per heavy atom. The van der Waals surface area contributed by atoms with Crippen LogP contribution in [0.15, 0.2) is 34.2 Å². The van der Waals surface area contributed by atoms with Gasteiger partial charge in [0.2, 0.25) is 5.91 Å². The molecule has 0 saturated heterocycles. The van der Waals surface area contributed by atoms with E-state index in [1.807, 2.05) is 19.9 Å². The van der Waals surface area contributed by atoms with Gasteiger partial charge in [-0.15, -0.1) is 0 Å². The molecule has 1 aromatic carbocycles. The quantitative estimate of drug-likeness (QED) is 0.619. The molecule has 7 nitrogen and oxygen atoms in total. The first kappa shape index (κ1) is 18.4. The minimum Gasteiger partial charge on any atom is -0.335 e. The molecule has 2 aromatic rings. The second kappa shape index (κ2) is 7.49. The van der Waals surface area contributed by atoms with Crippen LogP contribution >= 0.6 is 11.8 Å². The summed E-state index contributed by atoms with van der Waals surface area (Å²) >= 11 is 1.17. The molecule has 26 heavy (non-hydrogen) atoms. The van der Waals surface area contributed by atoms with Crippen LogP contribution in [0.5, 0.6) is 0 Å². The molecule has 8 heteroatoms. The molecule has 1 aliphatic rings. The highest BCUT2D eigenvalue weighted by Crippen LogP contribution is 2.25. The molecule has 138 valence electrons. The Balaban J connectivity index is 1.82. The number of carbonyl (C=O) groups is 2. The summed E-state index contributed by atoms with van der Waals surface area (Å²) in [5, 5.41) is 5.51. The molecule has 0 aliphatic heterocycles. The number of nitrogens with zero attached hydrogens (tertiary/aromatic N) is 2. The van der Waals surface area contributed by atoms with E-state index in [0.717, 1.165) is 12.8 Å². The van der Waals surface area contributed by atoms with E-state index in [9.17, 15) is 14.4 Å². The van der Waals surface area contributed by atoms with Gasteiger partial charge in [0.1, 0.15) is 0 Å².